The van der Waals surface area contributed by atoms with E-state index in [1.807, 2.05) is 58.0 Å². The molecule has 2 aromatic carbocycles. The average Bonchev–Trinajstić information content (AvgIpc) is 3.79. The summed E-state index contributed by atoms with van der Waals surface area (Å²) in [5.41, 5.74) is 0.149. The Morgan fingerprint density at radius 2 is 1.69 bits per heavy atom. The summed E-state index contributed by atoms with van der Waals surface area (Å²) in [6, 6.07) is 14.4. The van der Waals surface area contributed by atoms with Crippen molar-refractivity contribution < 1.29 is 55.6 Å². The number of nitrogens with one attached hydrogen (secondary N) is 1. The molecule has 0 aliphatic carbocycles. The maximum absolute atomic E-state index is 14.3. The number of unbranched alkanes of at least 4 members (excludes halogenated alkanes) is 2. The normalized spacial score (nSPS) is 19.9. The third-order valence-electron chi connectivity index (χ3n) is 9.75. The van der Waals surface area contributed by atoms with Gasteiger partial charge in [-0.1, -0.05) is 70.9 Å². The number of carbonyl (C=O) groups is 1. The van der Waals surface area contributed by atoms with E-state index in [9.17, 15) is 22.9 Å². The molecule has 0 aromatic heterocycles. The number of rotatable bonds is 25. The zero-order valence-electron chi connectivity index (χ0n) is 32.9. The molecule has 2 N–H and O–H groups in total. The molecular formula is C39H61N2O12PS. The predicted octanol–water partition coefficient (Wildman–Crippen LogP) is 6.36. The van der Waals surface area contributed by atoms with Gasteiger partial charge in [0.05, 0.1) is 56.5 Å². The molecule has 0 unspecified atom stereocenters. The van der Waals surface area contributed by atoms with Crippen LogP contribution in [-0.2, 0) is 49.0 Å². The largest absolute Gasteiger partial charge is 0.497 e. The van der Waals surface area contributed by atoms with Crippen LogP contribution in [0.3, 0.4) is 0 Å². The summed E-state index contributed by atoms with van der Waals surface area (Å²) in [5.74, 6) is 0.417. The van der Waals surface area contributed by atoms with Crippen LogP contribution in [0.1, 0.15) is 71.8 Å². The van der Waals surface area contributed by atoms with Crippen molar-refractivity contribution in [2.24, 2.45) is 11.3 Å². The molecule has 0 radical (unpaired) electrons. The zero-order chi connectivity index (χ0) is 39.9. The number of nitrogens with zero attached hydrogens (tertiary/aromatic N) is 1. The van der Waals surface area contributed by atoms with Crippen LogP contribution in [0.2, 0.25) is 0 Å². The number of fused-ring (bicyclic) bond motifs is 1. The van der Waals surface area contributed by atoms with Crippen LogP contribution in [0.4, 0.5) is 4.79 Å². The van der Waals surface area contributed by atoms with Crippen LogP contribution in [0.5, 0.6) is 5.75 Å². The van der Waals surface area contributed by atoms with E-state index in [0.717, 1.165) is 31.2 Å². The fraction of sp³-hybridized carbons (Fsp3) is 0.667. The zero-order valence-corrected chi connectivity index (χ0v) is 34.6. The Bertz CT molecular complexity index is 1580. The predicted molar refractivity (Wildman–Crippen MR) is 207 cm³/mol. The van der Waals surface area contributed by atoms with Crippen molar-refractivity contribution in [3.05, 3.63) is 60.2 Å². The molecule has 4 rings (SSSR count). The minimum atomic E-state index is -4.18. The highest BCUT2D eigenvalue weighted by Gasteiger charge is 2.44. The summed E-state index contributed by atoms with van der Waals surface area (Å²) >= 11 is 0. The van der Waals surface area contributed by atoms with Crippen LogP contribution in [0.15, 0.2) is 59.5 Å². The second kappa shape index (κ2) is 21.8. The van der Waals surface area contributed by atoms with E-state index in [1.165, 1.54) is 23.5 Å². The highest BCUT2D eigenvalue weighted by atomic mass is 32.2. The van der Waals surface area contributed by atoms with Gasteiger partial charge < -0.3 is 43.2 Å². The van der Waals surface area contributed by atoms with Crippen molar-refractivity contribution in [3.8, 4) is 5.75 Å². The van der Waals surface area contributed by atoms with E-state index >= 15 is 0 Å². The molecule has 310 valence electrons. The third-order valence-corrected chi connectivity index (χ3v) is 13.2. The molecule has 55 heavy (non-hydrogen) atoms. The molecule has 2 saturated heterocycles. The first kappa shape index (κ1) is 45.1. The van der Waals surface area contributed by atoms with Gasteiger partial charge in [-0.2, -0.15) is 4.31 Å². The maximum atomic E-state index is 14.3. The average molecular weight is 813 g/mol. The number of benzene rings is 2. The lowest BCUT2D eigenvalue weighted by atomic mass is 9.89. The molecule has 2 aliphatic rings. The van der Waals surface area contributed by atoms with Crippen molar-refractivity contribution in [2.75, 3.05) is 59.6 Å². The van der Waals surface area contributed by atoms with Crippen LogP contribution in [0.25, 0.3) is 0 Å². The molecule has 0 saturated carbocycles. The second-order valence-electron chi connectivity index (χ2n) is 14.9. The Kier molecular flexibility index (Phi) is 17.9. The monoisotopic (exact) mass is 812 g/mol. The van der Waals surface area contributed by atoms with E-state index in [1.54, 1.807) is 12.1 Å². The molecule has 0 bridgehead atoms. The number of methoxy groups -OCH3 is 1. The van der Waals surface area contributed by atoms with Crippen LogP contribution in [-0.4, -0.2) is 108 Å². The van der Waals surface area contributed by atoms with Crippen molar-refractivity contribution in [1.82, 2.24) is 9.62 Å². The summed E-state index contributed by atoms with van der Waals surface area (Å²) in [5, 5.41) is 14.7. The van der Waals surface area contributed by atoms with E-state index in [2.05, 4.69) is 5.32 Å². The molecule has 2 aromatic rings. The molecule has 0 spiro atoms. The smallest absolute Gasteiger partial charge is 0.407 e. The first-order valence-corrected chi connectivity index (χ1v) is 22.5. The van der Waals surface area contributed by atoms with Crippen LogP contribution >= 0.6 is 7.60 Å². The number of hydrogen-bond donors (Lipinski definition) is 2. The van der Waals surface area contributed by atoms with Gasteiger partial charge in [-0.05, 0) is 67.3 Å². The number of alkyl carbamates (subject to hydrolysis) is 1. The molecule has 1 amide bonds. The summed E-state index contributed by atoms with van der Waals surface area (Å²) in [6.45, 7) is 8.97. The fourth-order valence-corrected chi connectivity index (χ4v) is 9.43. The molecule has 2 aliphatic heterocycles. The lowest BCUT2D eigenvalue weighted by molar-refractivity contribution is -0.0907. The van der Waals surface area contributed by atoms with Gasteiger partial charge in [0.15, 0.2) is 6.29 Å². The number of hydrogen-bond acceptors (Lipinski definition) is 12. The summed E-state index contributed by atoms with van der Waals surface area (Å²) in [4.78, 5) is 13.3. The fourth-order valence-electron chi connectivity index (χ4n) is 6.39. The van der Waals surface area contributed by atoms with E-state index < -0.39 is 53.7 Å². The number of ether oxygens (including phenoxy) is 5. The number of sulfonamides is 1. The number of amides is 1. The molecule has 16 heteroatoms. The Morgan fingerprint density at radius 3 is 2.33 bits per heavy atom. The highest BCUT2D eigenvalue weighted by Crippen LogP contribution is 2.48. The molecule has 2 fully saturated rings. The van der Waals surface area contributed by atoms with Gasteiger partial charge in [0.1, 0.15) is 18.2 Å². The maximum Gasteiger partial charge on any atom is 0.407 e. The van der Waals surface area contributed by atoms with Crippen molar-refractivity contribution in [1.29, 1.82) is 0 Å². The van der Waals surface area contributed by atoms with Crippen molar-refractivity contribution in [3.63, 3.8) is 0 Å². The Morgan fingerprint density at radius 1 is 1.02 bits per heavy atom. The Balaban J connectivity index is 1.50. The topological polar surface area (TPSA) is 168 Å². The molecule has 14 nitrogen and oxygen atoms in total. The minimum Gasteiger partial charge on any atom is -0.497 e. The van der Waals surface area contributed by atoms with Crippen molar-refractivity contribution in [2.45, 2.75) is 102 Å². The van der Waals surface area contributed by atoms with E-state index in [4.69, 9.17) is 32.7 Å². The van der Waals surface area contributed by atoms with E-state index in [-0.39, 0.29) is 49.9 Å². The lowest BCUT2D eigenvalue weighted by Crippen LogP contribution is -2.52. The molecule has 5 atom stereocenters. The molecule has 2 heterocycles. The summed E-state index contributed by atoms with van der Waals surface area (Å²) in [7, 11) is -6.16. The quantitative estimate of drug-likeness (QED) is 0.0842. The van der Waals surface area contributed by atoms with Gasteiger partial charge >= 0.3 is 13.7 Å². The number of carbonyl (C=O) groups excluding carboxylic acids is 1. The lowest BCUT2D eigenvalue weighted by Gasteiger charge is -2.35. The second-order valence-corrected chi connectivity index (χ2v) is 18.8. The van der Waals surface area contributed by atoms with Gasteiger partial charge in [0, 0.05) is 19.7 Å². The first-order chi connectivity index (χ1) is 26.3. The van der Waals surface area contributed by atoms with Gasteiger partial charge in [-0.3, -0.25) is 4.57 Å². The number of aliphatic hydroxyl groups is 1. The SMILES string of the molecule is CCCCOP(=O)(COCCC(C)(C)CN(C[C@@H](O)[C@H](Cc1ccccc1)NC(=O)O[C@H]1CO[C@H]2OCC[C@H]21)S(=O)(=O)c1ccc(OC)cc1)OCCCC. The highest BCUT2D eigenvalue weighted by molar-refractivity contribution is 7.89. The van der Waals surface area contributed by atoms with Gasteiger partial charge in [-0.25, -0.2) is 13.2 Å². The standard InChI is InChI=1S/C39H61N2O12PS/c1-6-8-21-51-54(44,52-22-9-7-2)29-48-24-20-39(3,4)28-41(55(45,46)32-17-15-31(47-5)16-18-32)26-35(42)34(25-30-13-11-10-12-14-30)40-38(43)53-36-27-50-37-33(36)19-23-49-37/h10-18,33-37,42H,6-9,19-29H2,1-5H3,(H,40,43)/t33-,34-,35+,36-,37+/m0/s1. The molecular weight excluding hydrogens is 751 g/mol. The summed E-state index contributed by atoms with van der Waals surface area (Å²) < 4.78 is 82.6. The van der Waals surface area contributed by atoms with E-state index in [0.29, 0.717) is 38.4 Å². The van der Waals surface area contributed by atoms with Gasteiger partial charge in [0.25, 0.3) is 0 Å². The van der Waals surface area contributed by atoms with Crippen LogP contribution in [0, 0.1) is 11.3 Å². The van der Waals surface area contributed by atoms with Crippen molar-refractivity contribution >= 4 is 23.7 Å². The Labute approximate surface area is 327 Å². The third kappa shape index (κ3) is 14.1. The van der Waals surface area contributed by atoms with Gasteiger partial charge in [-0.15, -0.1) is 0 Å². The Hall–Kier alpha value is -2.59. The number of aliphatic hydroxyl groups excluding tert-OH is 1. The first-order valence-electron chi connectivity index (χ1n) is 19.3. The van der Waals surface area contributed by atoms with Crippen LogP contribution < -0.4 is 10.1 Å². The summed E-state index contributed by atoms with van der Waals surface area (Å²) in [6.07, 6.45) is 1.34. The van der Waals surface area contributed by atoms with Gasteiger partial charge in [0.2, 0.25) is 10.0 Å². The minimum absolute atomic E-state index is 0.00950.